The van der Waals surface area contributed by atoms with Crippen LogP contribution in [0.15, 0.2) is 42.0 Å². The first-order chi connectivity index (χ1) is 19.3. The van der Waals surface area contributed by atoms with E-state index < -0.39 is 16.9 Å². The summed E-state index contributed by atoms with van der Waals surface area (Å²) in [5, 5.41) is 21.6. The number of carbonyl (C=O) groups excluding carboxylic acids is 1. The van der Waals surface area contributed by atoms with Crippen LogP contribution in [0.2, 0.25) is 0 Å². The van der Waals surface area contributed by atoms with Gasteiger partial charge in [0.15, 0.2) is 0 Å². The molecule has 4 fully saturated rings. The Labute approximate surface area is 248 Å². The highest BCUT2D eigenvalue weighted by Gasteiger charge is 2.69. The number of hydrogen-bond acceptors (Lipinski definition) is 4. The molecule has 2 N–H and O–H groups in total. The molecule has 41 heavy (non-hydrogen) atoms. The predicted molar refractivity (Wildman–Crippen MR) is 163 cm³/mol. The highest BCUT2D eigenvalue weighted by atomic mass is 16.5. The van der Waals surface area contributed by atoms with Gasteiger partial charge in [0.2, 0.25) is 0 Å². The second kappa shape index (κ2) is 9.68. The molecule has 4 unspecified atom stereocenters. The minimum atomic E-state index is -0.434. The molecule has 226 valence electrons. The quantitative estimate of drug-likeness (QED) is 0.290. The minimum Gasteiger partial charge on any atom is -0.460 e. The van der Waals surface area contributed by atoms with Gasteiger partial charge in [0.1, 0.15) is 6.61 Å². The Kier molecular flexibility index (Phi) is 6.95. The molecular weight excluding hydrogens is 508 g/mol. The summed E-state index contributed by atoms with van der Waals surface area (Å²) in [6.45, 7) is 14.9. The number of ether oxygens (including phenoxy) is 1. The van der Waals surface area contributed by atoms with Crippen LogP contribution in [-0.4, -0.2) is 28.9 Å². The molecule has 0 radical (unpaired) electrons. The minimum absolute atomic E-state index is 0.0210. The molecule has 1 aromatic rings. The van der Waals surface area contributed by atoms with Crippen molar-refractivity contribution in [2.24, 2.45) is 50.2 Å². The fourth-order valence-electron chi connectivity index (χ4n) is 11.5. The van der Waals surface area contributed by atoms with Crippen LogP contribution < -0.4 is 0 Å². The number of benzene rings is 1. The van der Waals surface area contributed by atoms with Crippen LogP contribution >= 0.6 is 0 Å². The standard InChI is InChI=1S/C37H54O4/c1-32(2)18-20-37(31(40)41-23-25-10-8-7-9-11-25)21-19-35(5)26(27(37)22-32)12-13-29-33(3)16-15-30(39)34(4,24-38)28(33)14-17-36(29,35)6/h7-12,27-30,38-39H,13-24H2,1-6H3/t27?,28?,29?,30-,33?,34-,35+,36+,37-/m0/s1. The molecule has 5 aliphatic rings. The van der Waals surface area contributed by atoms with Crippen molar-refractivity contribution < 1.29 is 19.7 Å². The van der Waals surface area contributed by atoms with E-state index in [4.69, 9.17) is 4.74 Å². The van der Waals surface area contributed by atoms with E-state index in [0.29, 0.717) is 18.4 Å². The fraction of sp³-hybridized carbons (Fsp3) is 0.757. The lowest BCUT2D eigenvalue weighted by Crippen LogP contribution is -2.66. The molecule has 0 aliphatic heterocycles. The fourth-order valence-corrected chi connectivity index (χ4v) is 11.5. The molecule has 0 aromatic heterocycles. The van der Waals surface area contributed by atoms with Crippen molar-refractivity contribution in [1.29, 1.82) is 0 Å². The first kappa shape index (κ1) is 29.4. The summed E-state index contributed by atoms with van der Waals surface area (Å²) < 4.78 is 6.16. The summed E-state index contributed by atoms with van der Waals surface area (Å²) in [5.41, 5.74) is 2.20. The first-order valence-electron chi connectivity index (χ1n) is 16.5. The Balaban J connectivity index is 1.36. The van der Waals surface area contributed by atoms with E-state index in [1.165, 1.54) is 0 Å². The van der Waals surface area contributed by atoms with Crippen LogP contribution in [-0.2, 0) is 16.1 Å². The number of allylic oxidation sites excluding steroid dienone is 2. The van der Waals surface area contributed by atoms with Crippen molar-refractivity contribution in [3.63, 3.8) is 0 Å². The summed E-state index contributed by atoms with van der Waals surface area (Å²) in [5.74, 6) is 1.08. The number of carbonyl (C=O) groups is 1. The summed E-state index contributed by atoms with van der Waals surface area (Å²) in [6.07, 6.45) is 12.1. The Morgan fingerprint density at radius 1 is 0.902 bits per heavy atom. The lowest BCUT2D eigenvalue weighted by molar-refractivity contribution is -0.217. The monoisotopic (exact) mass is 562 g/mol. The van der Waals surface area contributed by atoms with Crippen molar-refractivity contribution in [3.8, 4) is 0 Å². The van der Waals surface area contributed by atoms with E-state index in [1.807, 2.05) is 30.3 Å². The number of rotatable bonds is 4. The third-order valence-corrected chi connectivity index (χ3v) is 14.4. The molecule has 9 atom stereocenters. The van der Waals surface area contributed by atoms with Gasteiger partial charge in [-0.1, -0.05) is 83.5 Å². The third-order valence-electron chi connectivity index (χ3n) is 14.4. The number of esters is 1. The Morgan fingerprint density at radius 3 is 2.32 bits per heavy atom. The van der Waals surface area contributed by atoms with Crippen LogP contribution in [0.4, 0.5) is 0 Å². The van der Waals surface area contributed by atoms with E-state index >= 15 is 0 Å². The molecule has 4 nitrogen and oxygen atoms in total. The van der Waals surface area contributed by atoms with Gasteiger partial charge in [-0.2, -0.15) is 0 Å². The van der Waals surface area contributed by atoms with Gasteiger partial charge in [-0.3, -0.25) is 4.79 Å². The number of aliphatic hydroxyl groups is 2. The van der Waals surface area contributed by atoms with E-state index in [-0.39, 0.29) is 40.2 Å². The summed E-state index contributed by atoms with van der Waals surface area (Å²) in [7, 11) is 0. The van der Waals surface area contributed by atoms with Crippen LogP contribution in [0.5, 0.6) is 0 Å². The van der Waals surface area contributed by atoms with Gasteiger partial charge in [-0.15, -0.1) is 0 Å². The zero-order valence-electron chi connectivity index (χ0n) is 26.5. The Hall–Kier alpha value is -1.65. The van der Waals surface area contributed by atoms with Crippen LogP contribution in [0.3, 0.4) is 0 Å². The number of fused-ring (bicyclic) bond motifs is 7. The van der Waals surface area contributed by atoms with Crippen molar-refractivity contribution in [3.05, 3.63) is 47.5 Å². The highest BCUT2D eigenvalue weighted by Crippen LogP contribution is 2.75. The lowest BCUT2D eigenvalue weighted by Gasteiger charge is -2.71. The van der Waals surface area contributed by atoms with E-state index in [1.54, 1.807) is 5.57 Å². The molecule has 4 heteroatoms. The van der Waals surface area contributed by atoms with Crippen LogP contribution in [0, 0.1) is 50.2 Å². The number of hydrogen-bond donors (Lipinski definition) is 2. The molecule has 0 amide bonds. The normalized spacial score (nSPS) is 46.7. The van der Waals surface area contributed by atoms with Gasteiger partial charge in [-0.25, -0.2) is 0 Å². The molecule has 0 heterocycles. The maximum absolute atomic E-state index is 14.2. The lowest BCUT2D eigenvalue weighted by atomic mass is 9.33. The second-order valence-electron chi connectivity index (χ2n) is 16.7. The average Bonchev–Trinajstić information content (AvgIpc) is 2.94. The van der Waals surface area contributed by atoms with Gasteiger partial charge in [0.25, 0.3) is 0 Å². The summed E-state index contributed by atoms with van der Waals surface area (Å²) >= 11 is 0. The van der Waals surface area contributed by atoms with Crippen molar-refractivity contribution in [1.82, 2.24) is 0 Å². The van der Waals surface area contributed by atoms with Gasteiger partial charge in [0.05, 0.1) is 18.1 Å². The van der Waals surface area contributed by atoms with E-state index in [9.17, 15) is 15.0 Å². The van der Waals surface area contributed by atoms with Gasteiger partial charge >= 0.3 is 5.97 Å². The molecular formula is C37H54O4. The molecule has 1 aromatic carbocycles. The van der Waals surface area contributed by atoms with Crippen LogP contribution in [0.1, 0.15) is 111 Å². The first-order valence-corrected chi connectivity index (χ1v) is 16.5. The smallest absolute Gasteiger partial charge is 0.313 e. The van der Waals surface area contributed by atoms with Crippen molar-refractivity contribution in [2.45, 2.75) is 118 Å². The molecule has 0 saturated heterocycles. The summed E-state index contributed by atoms with van der Waals surface area (Å²) in [6, 6.07) is 10.1. The van der Waals surface area contributed by atoms with Gasteiger partial charge in [0, 0.05) is 5.41 Å². The highest BCUT2D eigenvalue weighted by molar-refractivity contribution is 5.79. The van der Waals surface area contributed by atoms with E-state index in [2.05, 4.69) is 47.6 Å². The molecule has 6 rings (SSSR count). The van der Waals surface area contributed by atoms with Gasteiger partial charge in [-0.05, 0) is 109 Å². The topological polar surface area (TPSA) is 66.8 Å². The maximum atomic E-state index is 14.2. The zero-order valence-corrected chi connectivity index (χ0v) is 26.5. The average molecular weight is 563 g/mol. The van der Waals surface area contributed by atoms with Crippen molar-refractivity contribution >= 4 is 5.97 Å². The van der Waals surface area contributed by atoms with E-state index in [0.717, 1.165) is 69.8 Å². The third kappa shape index (κ3) is 4.09. The Bertz CT molecular complexity index is 1200. The summed E-state index contributed by atoms with van der Waals surface area (Å²) in [4.78, 5) is 14.2. The SMILES string of the molecule is CC1(C)CC[C@]2(C(=O)OCc3ccccc3)CC[C@]3(C)C(=CCC4C5(C)CC[C@H](O)[C@@](C)(CO)C5CC[C@]43C)C2C1. The maximum Gasteiger partial charge on any atom is 0.313 e. The largest absolute Gasteiger partial charge is 0.460 e. The van der Waals surface area contributed by atoms with Crippen molar-refractivity contribution in [2.75, 3.05) is 6.61 Å². The second-order valence-corrected chi connectivity index (χ2v) is 16.7. The predicted octanol–water partition coefficient (Wildman–Crippen LogP) is 7.86. The molecule has 5 aliphatic carbocycles. The number of aliphatic hydroxyl groups excluding tert-OH is 2. The zero-order chi connectivity index (χ0) is 29.5. The Morgan fingerprint density at radius 2 is 1.61 bits per heavy atom. The van der Waals surface area contributed by atoms with Crippen LogP contribution in [0.25, 0.3) is 0 Å². The van der Waals surface area contributed by atoms with Gasteiger partial charge < -0.3 is 14.9 Å². The molecule has 0 spiro atoms. The molecule has 0 bridgehead atoms. The molecule has 4 saturated carbocycles.